The smallest absolute Gasteiger partial charge is 0.330 e. The zero-order valence-electron chi connectivity index (χ0n) is 9.91. The second-order valence-electron chi connectivity index (χ2n) is 5.05. The second-order valence-corrected chi connectivity index (χ2v) is 5.05. The minimum absolute atomic E-state index is 0.178. The first kappa shape index (κ1) is 11.7. The Morgan fingerprint density at radius 3 is 2.72 bits per heavy atom. The van der Waals surface area contributed by atoms with Gasteiger partial charge in [0.2, 0.25) is 0 Å². The van der Waals surface area contributed by atoms with Gasteiger partial charge in [-0.25, -0.2) is 4.79 Å². The maximum Gasteiger partial charge on any atom is 0.330 e. The van der Waals surface area contributed by atoms with E-state index < -0.39 is 17.4 Å². The molecule has 1 aliphatic carbocycles. The van der Waals surface area contributed by atoms with Gasteiger partial charge in [0.25, 0.3) is 5.56 Å². The van der Waals surface area contributed by atoms with Crippen LogP contribution >= 0.6 is 0 Å². The van der Waals surface area contributed by atoms with Crippen molar-refractivity contribution in [1.29, 1.82) is 0 Å². The molecule has 1 aliphatic heterocycles. The molecule has 0 spiro atoms. The van der Waals surface area contributed by atoms with Gasteiger partial charge in [0, 0.05) is 12.3 Å². The van der Waals surface area contributed by atoms with Gasteiger partial charge in [-0.15, -0.1) is 0 Å². The standard InChI is InChI=1S/C12H16N2O4/c15-8-3-4-10(18-11(8)7-1-2-7)14-6-5-9(16)13-12(14)17/h5-8,10-11,15H,1-4H2,(H,13,16,17)/t8-,10+,11+/m0/s1. The van der Waals surface area contributed by atoms with Crippen molar-refractivity contribution in [2.45, 2.75) is 44.1 Å². The Kier molecular flexibility index (Phi) is 2.83. The number of hydrogen-bond acceptors (Lipinski definition) is 4. The van der Waals surface area contributed by atoms with Crippen molar-refractivity contribution in [3.63, 3.8) is 0 Å². The fourth-order valence-corrected chi connectivity index (χ4v) is 2.53. The van der Waals surface area contributed by atoms with Gasteiger partial charge in [-0.2, -0.15) is 0 Å². The van der Waals surface area contributed by atoms with Crippen molar-refractivity contribution in [3.8, 4) is 0 Å². The third-order valence-corrected chi connectivity index (χ3v) is 3.65. The van der Waals surface area contributed by atoms with Gasteiger partial charge < -0.3 is 9.84 Å². The summed E-state index contributed by atoms with van der Waals surface area (Å²) in [7, 11) is 0. The zero-order valence-corrected chi connectivity index (χ0v) is 9.91. The molecule has 1 aromatic rings. The molecule has 6 heteroatoms. The van der Waals surface area contributed by atoms with Crippen LogP contribution < -0.4 is 11.2 Å². The molecule has 0 radical (unpaired) electrons. The highest BCUT2D eigenvalue weighted by molar-refractivity contribution is 4.91. The fourth-order valence-electron chi connectivity index (χ4n) is 2.53. The fraction of sp³-hybridized carbons (Fsp3) is 0.667. The summed E-state index contributed by atoms with van der Waals surface area (Å²) in [5.41, 5.74) is -0.871. The Morgan fingerprint density at radius 2 is 2.06 bits per heavy atom. The van der Waals surface area contributed by atoms with Crippen molar-refractivity contribution >= 4 is 0 Å². The Morgan fingerprint density at radius 1 is 1.28 bits per heavy atom. The van der Waals surface area contributed by atoms with E-state index in [0.717, 1.165) is 12.8 Å². The van der Waals surface area contributed by atoms with Crippen molar-refractivity contribution in [1.82, 2.24) is 9.55 Å². The number of rotatable bonds is 2. The van der Waals surface area contributed by atoms with E-state index in [-0.39, 0.29) is 12.3 Å². The minimum atomic E-state index is -0.460. The zero-order chi connectivity index (χ0) is 12.7. The second kappa shape index (κ2) is 4.37. The Hall–Kier alpha value is -1.40. The van der Waals surface area contributed by atoms with E-state index >= 15 is 0 Å². The van der Waals surface area contributed by atoms with E-state index in [1.807, 2.05) is 0 Å². The van der Waals surface area contributed by atoms with Crippen LogP contribution in [0.3, 0.4) is 0 Å². The van der Waals surface area contributed by atoms with Gasteiger partial charge in [0.05, 0.1) is 12.2 Å². The first-order valence-electron chi connectivity index (χ1n) is 6.30. The quantitative estimate of drug-likeness (QED) is 0.775. The lowest BCUT2D eigenvalue weighted by Crippen LogP contribution is -2.42. The van der Waals surface area contributed by atoms with Crippen LogP contribution in [0.25, 0.3) is 0 Å². The van der Waals surface area contributed by atoms with Crippen molar-refractivity contribution < 1.29 is 9.84 Å². The van der Waals surface area contributed by atoms with Crippen LogP contribution in [0.5, 0.6) is 0 Å². The van der Waals surface area contributed by atoms with E-state index in [2.05, 4.69) is 4.98 Å². The average molecular weight is 252 g/mol. The van der Waals surface area contributed by atoms with Gasteiger partial charge in [-0.1, -0.05) is 0 Å². The number of aliphatic hydroxyl groups excluding tert-OH is 1. The maximum atomic E-state index is 11.7. The number of nitrogens with one attached hydrogen (secondary N) is 1. The van der Waals surface area contributed by atoms with E-state index in [4.69, 9.17) is 4.74 Å². The highest BCUT2D eigenvalue weighted by atomic mass is 16.5. The van der Waals surface area contributed by atoms with Crippen molar-refractivity contribution in [2.24, 2.45) is 5.92 Å². The van der Waals surface area contributed by atoms with Crippen LogP contribution in [-0.2, 0) is 4.74 Å². The topological polar surface area (TPSA) is 84.3 Å². The van der Waals surface area contributed by atoms with Crippen molar-refractivity contribution in [3.05, 3.63) is 33.1 Å². The molecular formula is C12H16N2O4. The summed E-state index contributed by atoms with van der Waals surface area (Å²) in [6, 6.07) is 1.31. The summed E-state index contributed by atoms with van der Waals surface area (Å²) in [5, 5.41) is 9.89. The highest BCUT2D eigenvalue weighted by Crippen LogP contribution is 2.41. The third-order valence-electron chi connectivity index (χ3n) is 3.65. The van der Waals surface area contributed by atoms with Crippen LogP contribution in [0.15, 0.2) is 21.9 Å². The lowest BCUT2D eigenvalue weighted by Gasteiger charge is -2.34. The summed E-state index contributed by atoms with van der Waals surface area (Å²) in [6.45, 7) is 0. The Labute approximate surface area is 103 Å². The molecule has 18 heavy (non-hydrogen) atoms. The minimum Gasteiger partial charge on any atom is -0.390 e. The number of hydrogen-bond donors (Lipinski definition) is 2. The first-order valence-corrected chi connectivity index (χ1v) is 6.30. The molecule has 98 valence electrons. The van der Waals surface area contributed by atoms with Crippen LogP contribution in [0, 0.1) is 5.92 Å². The molecule has 0 amide bonds. The molecule has 2 fully saturated rings. The van der Waals surface area contributed by atoms with Gasteiger partial charge in [-0.3, -0.25) is 14.3 Å². The van der Waals surface area contributed by atoms with Crippen molar-refractivity contribution in [2.75, 3.05) is 0 Å². The summed E-state index contributed by atoms with van der Waals surface area (Å²) < 4.78 is 7.21. The Balaban J connectivity index is 1.83. The molecule has 1 saturated carbocycles. The molecule has 0 aromatic carbocycles. The molecule has 1 saturated heterocycles. The number of aromatic amines is 1. The SMILES string of the molecule is O=c1ccn([C@H]2CC[C@H](O)[C@@H](C3CC3)O2)c(=O)[nH]1. The molecule has 6 nitrogen and oxygen atoms in total. The van der Waals surface area contributed by atoms with E-state index in [1.165, 1.54) is 16.8 Å². The molecule has 2 N–H and O–H groups in total. The first-order chi connectivity index (χ1) is 8.65. The monoisotopic (exact) mass is 252 g/mol. The summed E-state index contributed by atoms with van der Waals surface area (Å²) >= 11 is 0. The molecule has 1 aromatic heterocycles. The van der Waals surface area contributed by atoms with Crippen LogP contribution in [0.1, 0.15) is 31.9 Å². The average Bonchev–Trinajstić information content (AvgIpc) is 3.14. The lowest BCUT2D eigenvalue weighted by atomic mass is 10.0. The molecule has 2 heterocycles. The van der Waals surface area contributed by atoms with Gasteiger partial charge in [0.15, 0.2) is 0 Å². The predicted octanol–water partition coefficient (Wildman–Crippen LogP) is -0.0149. The summed E-state index contributed by atoms with van der Waals surface area (Å²) in [5.74, 6) is 0.418. The van der Waals surface area contributed by atoms with E-state index in [1.54, 1.807) is 0 Å². The number of aliphatic hydroxyl groups is 1. The van der Waals surface area contributed by atoms with Crippen LogP contribution in [0.2, 0.25) is 0 Å². The van der Waals surface area contributed by atoms with Gasteiger partial charge in [-0.05, 0) is 31.6 Å². The number of ether oxygens (including phenoxy) is 1. The molecule has 0 bridgehead atoms. The lowest BCUT2D eigenvalue weighted by molar-refractivity contribution is -0.155. The molecule has 2 aliphatic rings. The predicted molar refractivity (Wildman–Crippen MR) is 63.2 cm³/mol. The van der Waals surface area contributed by atoms with E-state index in [0.29, 0.717) is 18.8 Å². The molecule has 3 rings (SSSR count). The normalized spacial score (nSPS) is 32.4. The summed E-state index contributed by atoms with van der Waals surface area (Å²) in [6.07, 6.45) is 3.81. The van der Waals surface area contributed by atoms with Crippen LogP contribution in [0.4, 0.5) is 0 Å². The van der Waals surface area contributed by atoms with Gasteiger partial charge >= 0.3 is 5.69 Å². The highest BCUT2D eigenvalue weighted by Gasteiger charge is 2.41. The number of aromatic nitrogens is 2. The number of H-pyrrole nitrogens is 1. The van der Waals surface area contributed by atoms with E-state index in [9.17, 15) is 14.7 Å². The third kappa shape index (κ3) is 2.13. The molecule has 3 atom stereocenters. The molecule has 0 unspecified atom stereocenters. The van der Waals surface area contributed by atoms with Crippen LogP contribution in [-0.4, -0.2) is 26.9 Å². The maximum absolute atomic E-state index is 11.7. The molecular weight excluding hydrogens is 236 g/mol. The number of nitrogens with zero attached hydrogens (tertiary/aromatic N) is 1. The van der Waals surface area contributed by atoms with Gasteiger partial charge in [0.1, 0.15) is 6.23 Å². The Bertz CT molecular complexity index is 545. The largest absolute Gasteiger partial charge is 0.390 e. The summed E-state index contributed by atoms with van der Waals surface area (Å²) in [4.78, 5) is 24.9.